The van der Waals surface area contributed by atoms with Crippen LogP contribution < -0.4 is 0 Å². The first-order chi connectivity index (χ1) is 29.2. The number of rotatable bonds is 7. The van der Waals surface area contributed by atoms with Gasteiger partial charge in [-0.15, -0.1) is 0 Å². The molecule has 0 aliphatic carbocycles. The van der Waals surface area contributed by atoms with Crippen molar-refractivity contribution in [3.8, 4) is 78.7 Å². The van der Waals surface area contributed by atoms with E-state index < -0.39 is 0 Å². The predicted molar refractivity (Wildman–Crippen MR) is 243 cm³/mol. The second-order valence-electron chi connectivity index (χ2n) is 14.7. The van der Waals surface area contributed by atoms with Crippen molar-refractivity contribution >= 4 is 32.7 Å². The lowest BCUT2D eigenvalue weighted by atomic mass is 9.92. The molecule has 4 nitrogen and oxygen atoms in total. The number of furan rings is 1. The SMILES string of the molecule is c1ccc(-c2nc(-c3ccccc3)nc(-c3ccc(-c4ccc(-c5cc6c7cccc(-c8ccccc8-c8ccccc8)c7oc6c6ccccc56)cc4)cc3)n2)cc1. The third kappa shape index (κ3) is 6.24. The maximum Gasteiger partial charge on any atom is 0.164 e. The molecule has 59 heavy (non-hydrogen) atoms. The van der Waals surface area contributed by atoms with E-state index in [1.54, 1.807) is 0 Å². The molecule has 2 heterocycles. The molecule has 0 aliphatic heterocycles. The van der Waals surface area contributed by atoms with Crippen molar-refractivity contribution in [3.05, 3.63) is 212 Å². The average molecular weight is 754 g/mol. The number of benzene rings is 9. The van der Waals surface area contributed by atoms with E-state index >= 15 is 0 Å². The maximum atomic E-state index is 6.90. The monoisotopic (exact) mass is 753 g/mol. The van der Waals surface area contributed by atoms with E-state index in [0.29, 0.717) is 17.5 Å². The zero-order valence-corrected chi connectivity index (χ0v) is 32.0. The summed E-state index contributed by atoms with van der Waals surface area (Å²) in [6.45, 7) is 0. The number of nitrogens with zero attached hydrogens (tertiary/aromatic N) is 3. The Balaban J connectivity index is 0.957. The zero-order valence-electron chi connectivity index (χ0n) is 32.0. The summed E-state index contributed by atoms with van der Waals surface area (Å²) in [5.41, 5.74) is 13.8. The van der Waals surface area contributed by atoms with Gasteiger partial charge in [0.1, 0.15) is 11.2 Å². The van der Waals surface area contributed by atoms with Crippen molar-refractivity contribution in [3.63, 3.8) is 0 Å². The molecule has 9 aromatic carbocycles. The van der Waals surface area contributed by atoms with Crippen LogP contribution in [0.5, 0.6) is 0 Å². The molecule has 0 saturated heterocycles. The summed E-state index contributed by atoms with van der Waals surface area (Å²) in [5, 5.41) is 4.47. The van der Waals surface area contributed by atoms with E-state index in [4.69, 9.17) is 19.4 Å². The second kappa shape index (κ2) is 14.5. The second-order valence-corrected chi connectivity index (χ2v) is 14.7. The fourth-order valence-electron chi connectivity index (χ4n) is 8.25. The molecule has 0 fully saturated rings. The van der Waals surface area contributed by atoms with Crippen LogP contribution in [0.2, 0.25) is 0 Å². The smallest absolute Gasteiger partial charge is 0.164 e. The highest BCUT2D eigenvalue weighted by Gasteiger charge is 2.19. The van der Waals surface area contributed by atoms with Crippen molar-refractivity contribution in [1.82, 2.24) is 15.0 Å². The Labute approximate surface area is 341 Å². The Morgan fingerprint density at radius 1 is 0.237 bits per heavy atom. The highest BCUT2D eigenvalue weighted by Crippen LogP contribution is 2.44. The van der Waals surface area contributed by atoms with Gasteiger partial charge in [-0.05, 0) is 50.4 Å². The predicted octanol–water partition coefficient (Wildman–Crippen LogP) is 14.6. The summed E-state index contributed by atoms with van der Waals surface area (Å²) in [6, 6.07) is 74.0. The number of hydrogen-bond donors (Lipinski definition) is 0. The van der Waals surface area contributed by atoms with E-state index in [9.17, 15) is 0 Å². The highest BCUT2D eigenvalue weighted by atomic mass is 16.3. The summed E-state index contributed by atoms with van der Waals surface area (Å²) in [6.07, 6.45) is 0. The molecule has 0 atom stereocenters. The van der Waals surface area contributed by atoms with Gasteiger partial charge in [0.05, 0.1) is 0 Å². The quantitative estimate of drug-likeness (QED) is 0.163. The molecule has 0 amide bonds. The van der Waals surface area contributed by atoms with E-state index in [2.05, 4.69) is 152 Å². The Morgan fingerprint density at radius 3 is 1.22 bits per heavy atom. The van der Waals surface area contributed by atoms with Crippen LogP contribution in [0.4, 0.5) is 0 Å². The normalized spacial score (nSPS) is 11.4. The molecule has 0 bridgehead atoms. The topological polar surface area (TPSA) is 51.8 Å². The van der Waals surface area contributed by atoms with Crippen LogP contribution in [-0.4, -0.2) is 15.0 Å². The van der Waals surface area contributed by atoms with Crippen molar-refractivity contribution in [2.24, 2.45) is 0 Å². The van der Waals surface area contributed by atoms with Crippen LogP contribution in [0.15, 0.2) is 217 Å². The number of para-hydroxylation sites is 1. The lowest BCUT2D eigenvalue weighted by Crippen LogP contribution is -2.00. The molecule has 2 aromatic heterocycles. The molecule has 0 N–H and O–H groups in total. The van der Waals surface area contributed by atoms with Crippen molar-refractivity contribution in [2.75, 3.05) is 0 Å². The van der Waals surface area contributed by atoms with Crippen LogP contribution in [-0.2, 0) is 0 Å². The fourth-order valence-corrected chi connectivity index (χ4v) is 8.25. The van der Waals surface area contributed by atoms with E-state index in [1.165, 1.54) is 16.7 Å². The van der Waals surface area contributed by atoms with Gasteiger partial charge in [0.25, 0.3) is 0 Å². The number of hydrogen-bond acceptors (Lipinski definition) is 4. The number of aromatic nitrogens is 3. The lowest BCUT2D eigenvalue weighted by Gasteiger charge is -2.10. The van der Waals surface area contributed by atoms with Gasteiger partial charge in [-0.3, -0.25) is 0 Å². The molecule has 0 unspecified atom stereocenters. The van der Waals surface area contributed by atoms with E-state index in [-0.39, 0.29) is 0 Å². The number of fused-ring (bicyclic) bond motifs is 5. The third-order valence-corrected chi connectivity index (χ3v) is 11.2. The molecule has 4 heteroatoms. The van der Waals surface area contributed by atoms with Crippen LogP contribution in [0.3, 0.4) is 0 Å². The first-order valence-electron chi connectivity index (χ1n) is 19.9. The summed E-state index contributed by atoms with van der Waals surface area (Å²) < 4.78 is 6.90. The summed E-state index contributed by atoms with van der Waals surface area (Å²) in [5.74, 6) is 1.94. The van der Waals surface area contributed by atoms with Crippen molar-refractivity contribution < 1.29 is 4.42 Å². The Bertz CT molecular complexity index is 3230. The highest BCUT2D eigenvalue weighted by molar-refractivity contribution is 6.21. The molecular formula is C55H35N3O. The standard InChI is InChI=1S/C55H35N3O/c1-4-15-38(16-5-1)43-21-10-11-22-44(43)47-25-14-26-48-50-35-49(45-23-12-13-24-46(45)52(50)59-51(47)48)39-31-27-36(28-32-39)37-29-33-42(34-30-37)55-57-53(40-17-6-2-7-18-40)56-54(58-55)41-19-8-3-9-20-41/h1-35H. The van der Waals surface area contributed by atoms with Gasteiger partial charge in [0.2, 0.25) is 0 Å². The van der Waals surface area contributed by atoms with Gasteiger partial charge in [0.15, 0.2) is 17.5 Å². The van der Waals surface area contributed by atoms with Gasteiger partial charge < -0.3 is 4.42 Å². The van der Waals surface area contributed by atoms with E-state index in [0.717, 1.165) is 77.2 Å². The molecule has 11 aromatic rings. The zero-order chi connectivity index (χ0) is 39.1. The van der Waals surface area contributed by atoms with Gasteiger partial charge in [0, 0.05) is 38.4 Å². The molecule has 11 rings (SSSR count). The largest absolute Gasteiger partial charge is 0.455 e. The molecular weight excluding hydrogens is 719 g/mol. The molecule has 276 valence electrons. The van der Waals surface area contributed by atoms with Crippen LogP contribution in [0, 0.1) is 0 Å². The Kier molecular flexibility index (Phi) is 8.45. The third-order valence-electron chi connectivity index (χ3n) is 11.2. The van der Waals surface area contributed by atoms with Crippen molar-refractivity contribution in [1.29, 1.82) is 0 Å². The molecule has 0 saturated carbocycles. The minimum atomic E-state index is 0.640. The summed E-state index contributed by atoms with van der Waals surface area (Å²) >= 11 is 0. The Morgan fingerprint density at radius 2 is 0.627 bits per heavy atom. The molecule has 0 aliphatic rings. The van der Waals surface area contributed by atoms with Gasteiger partial charge in [-0.25, -0.2) is 15.0 Å². The first-order valence-corrected chi connectivity index (χ1v) is 19.9. The fraction of sp³-hybridized carbons (Fsp3) is 0. The van der Waals surface area contributed by atoms with Gasteiger partial charge in [-0.1, -0.05) is 206 Å². The van der Waals surface area contributed by atoms with Crippen molar-refractivity contribution in [2.45, 2.75) is 0 Å². The lowest BCUT2D eigenvalue weighted by molar-refractivity contribution is 0.674. The van der Waals surface area contributed by atoms with Gasteiger partial charge in [-0.2, -0.15) is 0 Å². The van der Waals surface area contributed by atoms with E-state index in [1.807, 2.05) is 60.7 Å². The van der Waals surface area contributed by atoms with Crippen LogP contribution in [0.25, 0.3) is 111 Å². The first kappa shape index (κ1) is 34.3. The van der Waals surface area contributed by atoms with Crippen LogP contribution in [0.1, 0.15) is 0 Å². The minimum Gasteiger partial charge on any atom is -0.455 e. The molecule has 0 spiro atoms. The average Bonchev–Trinajstić information content (AvgIpc) is 3.71. The van der Waals surface area contributed by atoms with Crippen LogP contribution >= 0.6 is 0 Å². The summed E-state index contributed by atoms with van der Waals surface area (Å²) in [4.78, 5) is 14.7. The molecule has 0 radical (unpaired) electrons. The maximum absolute atomic E-state index is 6.90. The summed E-state index contributed by atoms with van der Waals surface area (Å²) in [7, 11) is 0. The minimum absolute atomic E-state index is 0.640. The van der Waals surface area contributed by atoms with Gasteiger partial charge >= 0.3 is 0 Å². The Hall–Kier alpha value is -7.95.